The summed E-state index contributed by atoms with van der Waals surface area (Å²) in [5.41, 5.74) is 2.73. The lowest BCUT2D eigenvalue weighted by molar-refractivity contribution is 0.0694. The number of carboxylic acid groups (broad SMARTS) is 1. The van der Waals surface area contributed by atoms with Gasteiger partial charge in [0.25, 0.3) is 0 Å². The summed E-state index contributed by atoms with van der Waals surface area (Å²) in [4.78, 5) is 24.2. The van der Waals surface area contributed by atoms with Gasteiger partial charge in [-0.05, 0) is 29.7 Å². The van der Waals surface area contributed by atoms with E-state index < -0.39 is 11.4 Å². The molecule has 1 atom stereocenters. The van der Waals surface area contributed by atoms with Crippen molar-refractivity contribution >= 4 is 5.97 Å². The molecule has 0 aliphatic carbocycles. The van der Waals surface area contributed by atoms with Crippen molar-refractivity contribution in [2.24, 2.45) is 0 Å². The van der Waals surface area contributed by atoms with Gasteiger partial charge >= 0.3 is 5.97 Å². The normalized spacial score (nSPS) is 14.4. The van der Waals surface area contributed by atoms with Crippen molar-refractivity contribution in [1.29, 1.82) is 0 Å². The van der Waals surface area contributed by atoms with E-state index in [0.717, 1.165) is 23.1 Å². The summed E-state index contributed by atoms with van der Waals surface area (Å²) in [6.45, 7) is 1.09. The number of fused-ring (bicyclic) bond motifs is 3. The maximum absolute atomic E-state index is 12.5. The van der Waals surface area contributed by atoms with Gasteiger partial charge in [-0.15, -0.1) is 0 Å². The lowest BCUT2D eigenvalue weighted by Gasteiger charge is -2.32. The smallest absolute Gasteiger partial charge is 0.341 e. The number of rotatable bonds is 8. The van der Waals surface area contributed by atoms with E-state index in [1.165, 1.54) is 12.3 Å². The Hall–Kier alpha value is -3.58. The molecule has 1 aromatic heterocycles. The topological polar surface area (TPSA) is 87.0 Å². The number of benzene rings is 2. The predicted octanol–water partition coefficient (Wildman–Crippen LogP) is 3.78. The van der Waals surface area contributed by atoms with Gasteiger partial charge in [0.15, 0.2) is 16.9 Å². The van der Waals surface area contributed by atoms with Crippen LogP contribution >= 0.6 is 0 Å². The first-order valence-electron chi connectivity index (χ1n) is 10.4. The minimum Gasteiger partial charge on any atom is -0.493 e. The molecule has 3 aromatic rings. The van der Waals surface area contributed by atoms with Crippen molar-refractivity contribution in [1.82, 2.24) is 4.57 Å². The monoisotopic (exact) mass is 435 g/mol. The average molecular weight is 435 g/mol. The van der Waals surface area contributed by atoms with Crippen LogP contribution in [0.15, 0.2) is 59.5 Å². The van der Waals surface area contributed by atoms with Crippen LogP contribution in [-0.4, -0.2) is 43.1 Å². The molecule has 1 N–H and O–H groups in total. The van der Waals surface area contributed by atoms with Crippen molar-refractivity contribution in [3.8, 4) is 22.8 Å². The summed E-state index contributed by atoms with van der Waals surface area (Å²) < 4.78 is 18.5. The first-order valence-corrected chi connectivity index (χ1v) is 10.4. The van der Waals surface area contributed by atoms with Crippen molar-refractivity contribution < 1.29 is 24.1 Å². The Morgan fingerprint density at radius 1 is 1.09 bits per heavy atom. The second kappa shape index (κ2) is 9.28. The molecule has 0 saturated carbocycles. The number of hydrogen-bond donors (Lipinski definition) is 1. The summed E-state index contributed by atoms with van der Waals surface area (Å²) in [5, 5.41) is 9.50. The number of nitrogens with zero attached hydrogens (tertiary/aromatic N) is 1. The highest BCUT2D eigenvalue weighted by atomic mass is 16.5. The minimum atomic E-state index is -1.24. The maximum atomic E-state index is 12.5. The van der Waals surface area contributed by atoms with Crippen LogP contribution in [0.3, 0.4) is 0 Å². The van der Waals surface area contributed by atoms with E-state index in [2.05, 4.69) is 0 Å². The number of carbonyl (C=O) groups is 1. The molecular weight excluding hydrogens is 410 g/mol. The van der Waals surface area contributed by atoms with E-state index in [1.54, 1.807) is 14.2 Å². The second-order valence-electron chi connectivity index (χ2n) is 7.63. The molecule has 1 aliphatic rings. The SMILES string of the molecule is COCCCOc1cc2c(cc1OC)-c1cc(=O)c(C(=O)O)cn1C(c1ccccc1)C2. The highest BCUT2D eigenvalue weighted by Gasteiger charge is 2.28. The predicted molar refractivity (Wildman–Crippen MR) is 120 cm³/mol. The van der Waals surface area contributed by atoms with Crippen LogP contribution in [-0.2, 0) is 11.2 Å². The number of pyridine rings is 1. The van der Waals surface area contributed by atoms with Crippen molar-refractivity contribution in [2.75, 3.05) is 27.4 Å². The Morgan fingerprint density at radius 3 is 2.56 bits per heavy atom. The van der Waals surface area contributed by atoms with Crippen LogP contribution in [0.1, 0.15) is 33.9 Å². The van der Waals surface area contributed by atoms with Gasteiger partial charge in [-0.25, -0.2) is 4.79 Å². The third-order valence-electron chi connectivity index (χ3n) is 5.66. The van der Waals surface area contributed by atoms with Crippen molar-refractivity contribution in [3.05, 3.63) is 81.6 Å². The lowest BCUT2D eigenvalue weighted by atomic mass is 9.88. The van der Waals surface area contributed by atoms with Gasteiger partial charge in [0.1, 0.15) is 5.56 Å². The standard InChI is InChI=1S/C25H25NO6/c1-30-9-6-10-32-24-12-17-11-20(16-7-4-3-5-8-16)26-15-19(25(28)29)22(27)14-21(26)18(17)13-23(24)31-2/h3-5,7-8,12-15,20H,6,9-11H2,1-2H3,(H,28,29). The molecular formula is C25H25NO6. The van der Waals surface area contributed by atoms with Gasteiger partial charge < -0.3 is 23.9 Å². The van der Waals surface area contributed by atoms with Crippen molar-refractivity contribution in [2.45, 2.75) is 18.9 Å². The van der Waals surface area contributed by atoms with Crippen LogP contribution < -0.4 is 14.9 Å². The molecule has 0 fully saturated rings. The van der Waals surface area contributed by atoms with Gasteiger partial charge in [0.2, 0.25) is 0 Å². The fraction of sp³-hybridized carbons (Fsp3) is 0.280. The molecule has 2 aromatic carbocycles. The number of ether oxygens (including phenoxy) is 3. The number of carboxylic acids is 1. The van der Waals surface area contributed by atoms with E-state index >= 15 is 0 Å². The van der Waals surface area contributed by atoms with Crippen molar-refractivity contribution in [3.63, 3.8) is 0 Å². The molecule has 166 valence electrons. The molecule has 1 unspecified atom stereocenters. The molecule has 0 radical (unpaired) electrons. The third kappa shape index (κ3) is 4.11. The van der Waals surface area contributed by atoms with E-state index in [1.807, 2.05) is 47.0 Å². The first kappa shape index (κ1) is 21.6. The van der Waals surface area contributed by atoms with Gasteiger partial charge in [-0.3, -0.25) is 4.79 Å². The Morgan fingerprint density at radius 2 is 1.88 bits per heavy atom. The molecule has 7 heteroatoms. The van der Waals surface area contributed by atoms with E-state index in [4.69, 9.17) is 14.2 Å². The van der Waals surface area contributed by atoms with Crippen LogP contribution in [0.2, 0.25) is 0 Å². The molecule has 7 nitrogen and oxygen atoms in total. The van der Waals surface area contributed by atoms with Gasteiger partial charge in [0, 0.05) is 38.0 Å². The number of hydrogen-bond acceptors (Lipinski definition) is 5. The second-order valence-corrected chi connectivity index (χ2v) is 7.63. The van der Waals surface area contributed by atoms with E-state index in [-0.39, 0.29) is 11.6 Å². The molecule has 0 bridgehead atoms. The molecule has 0 spiro atoms. The minimum absolute atomic E-state index is 0.160. The summed E-state index contributed by atoms with van der Waals surface area (Å²) in [6.07, 6.45) is 2.81. The van der Waals surface area contributed by atoms with Crippen LogP contribution in [0, 0.1) is 0 Å². The number of aromatic carboxylic acids is 1. The molecule has 2 heterocycles. The van der Waals surface area contributed by atoms with Gasteiger partial charge in [-0.2, -0.15) is 0 Å². The number of methoxy groups -OCH3 is 2. The summed E-state index contributed by atoms with van der Waals surface area (Å²) in [5.74, 6) is -0.0481. The fourth-order valence-electron chi connectivity index (χ4n) is 4.11. The zero-order valence-corrected chi connectivity index (χ0v) is 18.0. The Bertz CT molecular complexity index is 1190. The highest BCUT2D eigenvalue weighted by Crippen LogP contribution is 2.42. The Balaban J connectivity index is 1.85. The average Bonchev–Trinajstić information content (AvgIpc) is 2.80. The Kier molecular flexibility index (Phi) is 6.28. The molecule has 1 aliphatic heterocycles. The molecule has 4 rings (SSSR count). The first-order chi connectivity index (χ1) is 15.5. The Labute approximate surface area is 185 Å². The van der Waals surface area contributed by atoms with Crippen LogP contribution in [0.4, 0.5) is 0 Å². The molecule has 32 heavy (non-hydrogen) atoms. The molecule has 0 saturated heterocycles. The molecule has 0 amide bonds. The highest BCUT2D eigenvalue weighted by molar-refractivity contribution is 5.88. The fourth-order valence-corrected chi connectivity index (χ4v) is 4.11. The van der Waals surface area contributed by atoms with Crippen LogP contribution in [0.5, 0.6) is 11.5 Å². The summed E-state index contributed by atoms with van der Waals surface area (Å²) in [6, 6.07) is 14.9. The number of aromatic nitrogens is 1. The quantitative estimate of drug-likeness (QED) is 0.542. The van der Waals surface area contributed by atoms with Gasteiger partial charge in [0.05, 0.1) is 25.5 Å². The summed E-state index contributed by atoms with van der Waals surface area (Å²) >= 11 is 0. The van der Waals surface area contributed by atoms with E-state index in [9.17, 15) is 14.7 Å². The van der Waals surface area contributed by atoms with E-state index in [0.29, 0.717) is 36.8 Å². The van der Waals surface area contributed by atoms with Gasteiger partial charge in [-0.1, -0.05) is 30.3 Å². The maximum Gasteiger partial charge on any atom is 0.341 e. The largest absolute Gasteiger partial charge is 0.493 e. The third-order valence-corrected chi connectivity index (χ3v) is 5.66. The summed E-state index contributed by atoms with van der Waals surface area (Å²) in [7, 11) is 3.22. The zero-order chi connectivity index (χ0) is 22.7. The van der Waals surface area contributed by atoms with Crippen LogP contribution in [0.25, 0.3) is 11.3 Å². The lowest BCUT2D eigenvalue weighted by Crippen LogP contribution is -2.26. The zero-order valence-electron chi connectivity index (χ0n) is 18.0.